The second-order valence-electron chi connectivity index (χ2n) is 9.95. The predicted molar refractivity (Wildman–Crippen MR) is 143 cm³/mol. The maximum atomic E-state index is 13.9. The van der Waals surface area contributed by atoms with Crippen LogP contribution in [0, 0.1) is 5.82 Å². The van der Waals surface area contributed by atoms with Crippen molar-refractivity contribution in [2.24, 2.45) is 4.99 Å². The number of rotatable bonds is 7. The van der Waals surface area contributed by atoms with Crippen LogP contribution in [0.2, 0.25) is 0 Å². The molecule has 38 heavy (non-hydrogen) atoms. The molecule has 9 nitrogen and oxygen atoms in total. The second kappa shape index (κ2) is 12.4. The Kier molecular flexibility index (Phi) is 8.96. The molecule has 0 unspecified atom stereocenters. The van der Waals surface area contributed by atoms with Gasteiger partial charge in [-0.2, -0.15) is 0 Å². The van der Waals surface area contributed by atoms with Gasteiger partial charge in [0.1, 0.15) is 11.7 Å². The molecule has 0 bridgehead atoms. The van der Waals surface area contributed by atoms with E-state index in [4.69, 9.17) is 19.9 Å². The van der Waals surface area contributed by atoms with Crippen LogP contribution >= 0.6 is 0 Å². The van der Waals surface area contributed by atoms with Crippen molar-refractivity contribution in [3.8, 4) is 0 Å². The number of hydrogen-bond acceptors (Lipinski definition) is 7. The van der Waals surface area contributed by atoms with Gasteiger partial charge < -0.3 is 25.2 Å². The minimum atomic E-state index is -1.08. The topological polar surface area (TPSA) is 115 Å². The number of amidine groups is 1. The van der Waals surface area contributed by atoms with E-state index in [1.54, 1.807) is 13.2 Å². The van der Waals surface area contributed by atoms with Crippen LogP contribution in [0.1, 0.15) is 49.1 Å². The highest BCUT2D eigenvalue weighted by Gasteiger charge is 2.31. The summed E-state index contributed by atoms with van der Waals surface area (Å²) >= 11 is 0. The SMILES string of the molecule is COCC[C@H]1CN(C2=Nc3ccc(F)cc3Nc3ccc(C4CC4)cc32)CCN1C.O=C(O)CCC(=O)O. The summed E-state index contributed by atoms with van der Waals surface area (Å²) in [5.41, 5.74) is 4.99. The molecule has 1 aliphatic carbocycles. The van der Waals surface area contributed by atoms with Gasteiger partial charge in [-0.15, -0.1) is 0 Å². The van der Waals surface area contributed by atoms with Crippen molar-refractivity contribution in [1.29, 1.82) is 0 Å². The molecular formula is C28H35FN4O5. The number of carboxylic acid groups (broad SMARTS) is 2. The zero-order valence-corrected chi connectivity index (χ0v) is 21.8. The van der Waals surface area contributed by atoms with E-state index in [-0.39, 0.29) is 18.7 Å². The average molecular weight is 527 g/mol. The quantitative estimate of drug-likeness (QED) is 0.486. The number of benzene rings is 2. The average Bonchev–Trinajstić information content (AvgIpc) is 3.74. The first-order valence-electron chi connectivity index (χ1n) is 12.9. The van der Waals surface area contributed by atoms with Crippen LogP contribution in [0.5, 0.6) is 0 Å². The van der Waals surface area contributed by atoms with Gasteiger partial charge >= 0.3 is 11.9 Å². The summed E-state index contributed by atoms with van der Waals surface area (Å²) in [4.78, 5) is 29.2. The van der Waals surface area contributed by atoms with Crippen molar-refractivity contribution in [1.82, 2.24) is 9.80 Å². The largest absolute Gasteiger partial charge is 0.481 e. The third-order valence-corrected chi connectivity index (χ3v) is 7.07. The number of hydrogen-bond donors (Lipinski definition) is 3. The predicted octanol–water partition coefficient (Wildman–Crippen LogP) is 4.43. The van der Waals surface area contributed by atoms with Crippen molar-refractivity contribution in [2.75, 3.05) is 45.7 Å². The summed E-state index contributed by atoms with van der Waals surface area (Å²) in [5, 5.41) is 19.2. The molecule has 2 fully saturated rings. The smallest absolute Gasteiger partial charge is 0.303 e. The van der Waals surface area contributed by atoms with E-state index in [0.29, 0.717) is 12.0 Å². The molecule has 2 aromatic carbocycles. The molecule has 0 spiro atoms. The number of methoxy groups -OCH3 is 1. The number of nitrogens with zero attached hydrogens (tertiary/aromatic N) is 3. The maximum Gasteiger partial charge on any atom is 0.303 e. The number of carboxylic acids is 2. The Labute approximate surface area is 221 Å². The number of halogens is 1. The molecule has 2 aromatic rings. The summed E-state index contributed by atoms with van der Waals surface area (Å²) in [7, 11) is 3.94. The second-order valence-corrected chi connectivity index (χ2v) is 9.95. The van der Waals surface area contributed by atoms with Gasteiger partial charge in [0, 0.05) is 50.6 Å². The number of aliphatic carboxylic acids is 2. The van der Waals surface area contributed by atoms with Crippen LogP contribution < -0.4 is 5.32 Å². The van der Waals surface area contributed by atoms with E-state index in [1.807, 2.05) is 0 Å². The summed E-state index contributed by atoms with van der Waals surface area (Å²) in [6, 6.07) is 11.8. The Balaban J connectivity index is 0.000000368. The molecule has 5 rings (SSSR count). The third-order valence-electron chi connectivity index (χ3n) is 7.07. The zero-order valence-electron chi connectivity index (χ0n) is 21.8. The van der Waals surface area contributed by atoms with Gasteiger partial charge in [-0.3, -0.25) is 14.5 Å². The fourth-order valence-electron chi connectivity index (χ4n) is 4.71. The lowest BCUT2D eigenvalue weighted by Crippen LogP contribution is -2.53. The van der Waals surface area contributed by atoms with E-state index in [0.717, 1.165) is 61.1 Å². The molecule has 10 heteroatoms. The number of nitrogens with one attached hydrogen (secondary N) is 1. The Hall–Kier alpha value is -3.50. The van der Waals surface area contributed by atoms with Crippen LogP contribution in [0.25, 0.3) is 0 Å². The Morgan fingerprint density at radius 3 is 2.47 bits per heavy atom. The molecule has 0 aromatic heterocycles. The van der Waals surface area contributed by atoms with Crippen molar-refractivity contribution in [2.45, 2.75) is 44.1 Å². The van der Waals surface area contributed by atoms with Gasteiger partial charge in [0.25, 0.3) is 0 Å². The van der Waals surface area contributed by atoms with Crippen molar-refractivity contribution >= 4 is 34.8 Å². The molecule has 1 saturated heterocycles. The van der Waals surface area contributed by atoms with E-state index >= 15 is 0 Å². The molecule has 3 aliphatic rings. The molecule has 1 saturated carbocycles. The Morgan fingerprint density at radius 1 is 1.08 bits per heavy atom. The van der Waals surface area contributed by atoms with Crippen molar-refractivity contribution in [3.63, 3.8) is 0 Å². The number of aliphatic imine (C=N–C) groups is 1. The molecule has 0 radical (unpaired) electrons. The lowest BCUT2D eigenvalue weighted by Gasteiger charge is -2.41. The fourth-order valence-corrected chi connectivity index (χ4v) is 4.71. The van der Waals surface area contributed by atoms with Gasteiger partial charge in [0.2, 0.25) is 0 Å². The third kappa shape index (κ3) is 7.08. The number of anilines is 2. The first-order chi connectivity index (χ1) is 18.2. The first kappa shape index (κ1) is 27.5. The number of likely N-dealkylation sites (N-methyl/N-ethyl adjacent to an activating group) is 1. The zero-order chi connectivity index (χ0) is 27.2. The minimum absolute atomic E-state index is 0.254. The van der Waals surface area contributed by atoms with Gasteiger partial charge in [-0.1, -0.05) is 6.07 Å². The molecule has 204 valence electrons. The van der Waals surface area contributed by atoms with Crippen LogP contribution in [0.3, 0.4) is 0 Å². The first-order valence-corrected chi connectivity index (χ1v) is 12.9. The minimum Gasteiger partial charge on any atom is -0.481 e. The summed E-state index contributed by atoms with van der Waals surface area (Å²) in [6.45, 7) is 3.56. The molecule has 3 N–H and O–H groups in total. The number of ether oxygens (including phenoxy) is 1. The highest BCUT2D eigenvalue weighted by atomic mass is 19.1. The Morgan fingerprint density at radius 2 is 1.82 bits per heavy atom. The highest BCUT2D eigenvalue weighted by molar-refractivity contribution is 6.08. The molecule has 0 amide bonds. The normalized spacial score (nSPS) is 18.7. The number of fused-ring (bicyclic) bond motifs is 2. The van der Waals surface area contributed by atoms with Crippen LogP contribution in [0.15, 0.2) is 41.4 Å². The standard InChI is InChI=1S/C24H29FN4O.C4H6O4/c1-28-10-11-29(15-19(28)9-12-30-2)24-20-13-17(16-3-4-16)5-7-21(20)26-23-14-18(25)6-8-22(23)27-24;5-3(6)1-2-4(7)8/h5-8,13-14,16,19,26H,3-4,9-12,15H2,1-2H3;1-2H2,(H,5,6)(H,7,8)/t19-;/m0./s1. The Bertz CT molecular complexity index is 1190. The monoisotopic (exact) mass is 526 g/mol. The van der Waals surface area contributed by atoms with E-state index in [1.165, 1.54) is 30.5 Å². The van der Waals surface area contributed by atoms with Crippen LogP contribution in [-0.4, -0.2) is 84.2 Å². The maximum absolute atomic E-state index is 13.9. The van der Waals surface area contributed by atoms with Crippen molar-refractivity contribution < 1.29 is 28.9 Å². The highest BCUT2D eigenvalue weighted by Crippen LogP contribution is 2.43. The summed E-state index contributed by atoms with van der Waals surface area (Å²) in [5.74, 6) is -0.752. The fraction of sp³-hybridized carbons (Fsp3) is 0.464. The molecule has 2 aliphatic heterocycles. The van der Waals surface area contributed by atoms with Crippen molar-refractivity contribution in [3.05, 3.63) is 53.3 Å². The molecule has 1 atom stereocenters. The lowest BCUT2D eigenvalue weighted by atomic mass is 10.0. The number of piperazine rings is 1. The lowest BCUT2D eigenvalue weighted by molar-refractivity contribution is -0.143. The van der Waals surface area contributed by atoms with Crippen LogP contribution in [-0.2, 0) is 14.3 Å². The van der Waals surface area contributed by atoms with Gasteiger partial charge in [-0.05, 0) is 68.1 Å². The van der Waals surface area contributed by atoms with E-state index in [2.05, 4.69) is 40.4 Å². The number of carbonyl (C=O) groups is 2. The van der Waals surface area contributed by atoms with E-state index < -0.39 is 11.9 Å². The molecule has 2 heterocycles. The van der Waals surface area contributed by atoms with Gasteiger partial charge in [0.15, 0.2) is 0 Å². The van der Waals surface area contributed by atoms with Gasteiger partial charge in [0.05, 0.1) is 24.2 Å². The van der Waals surface area contributed by atoms with Gasteiger partial charge in [-0.25, -0.2) is 9.38 Å². The summed E-state index contributed by atoms with van der Waals surface area (Å²) < 4.78 is 19.3. The van der Waals surface area contributed by atoms with Crippen LogP contribution in [0.4, 0.5) is 21.5 Å². The summed E-state index contributed by atoms with van der Waals surface area (Å²) in [6.07, 6.45) is 2.92. The van der Waals surface area contributed by atoms with E-state index in [9.17, 15) is 14.0 Å². The molecular weight excluding hydrogens is 491 g/mol.